The van der Waals surface area contributed by atoms with Crippen molar-refractivity contribution >= 4 is 5.91 Å². The number of hydrogen-bond donors (Lipinski definition) is 1. The molecule has 0 aromatic rings. The van der Waals surface area contributed by atoms with Gasteiger partial charge in [0.1, 0.15) is 0 Å². The molecule has 0 aromatic heterocycles. The zero-order chi connectivity index (χ0) is 6.69. The van der Waals surface area contributed by atoms with Gasteiger partial charge in [0.15, 0.2) is 0 Å². The summed E-state index contributed by atoms with van der Waals surface area (Å²) in [5.41, 5.74) is 5.97. The van der Waals surface area contributed by atoms with E-state index in [0.717, 1.165) is 18.4 Å². The Morgan fingerprint density at radius 3 is 3.00 bits per heavy atom. The summed E-state index contributed by atoms with van der Waals surface area (Å²) in [7, 11) is 0. The normalized spacial score (nSPS) is 21.1. The Labute approximate surface area is 54.0 Å². The van der Waals surface area contributed by atoms with Crippen LogP contribution in [0.2, 0.25) is 0 Å². The Morgan fingerprint density at radius 1 is 1.78 bits per heavy atom. The van der Waals surface area contributed by atoms with Crippen molar-refractivity contribution < 1.29 is 4.79 Å². The van der Waals surface area contributed by atoms with Crippen LogP contribution in [0.5, 0.6) is 0 Å². The summed E-state index contributed by atoms with van der Waals surface area (Å²) in [6.07, 6.45) is 7.45. The average molecular weight is 123 g/mol. The molecule has 0 spiro atoms. The highest BCUT2D eigenvalue weighted by molar-refractivity contribution is 5.87. The molecule has 2 heteroatoms. The molecular formula is C7H9NO. The van der Waals surface area contributed by atoms with Gasteiger partial charge in [-0.3, -0.25) is 4.79 Å². The molecule has 0 aliphatic heterocycles. The minimum absolute atomic E-state index is 0.350. The van der Waals surface area contributed by atoms with Crippen molar-refractivity contribution in [2.75, 3.05) is 0 Å². The first-order chi connectivity index (χ1) is 4.29. The quantitative estimate of drug-likeness (QED) is 0.513. The van der Waals surface area contributed by atoms with Gasteiger partial charge < -0.3 is 5.73 Å². The lowest BCUT2D eigenvalue weighted by molar-refractivity contribution is -0.113. The van der Waals surface area contributed by atoms with Crippen LogP contribution >= 0.6 is 0 Å². The minimum Gasteiger partial charge on any atom is -0.366 e. The van der Waals surface area contributed by atoms with E-state index in [9.17, 15) is 4.79 Å². The molecule has 0 aromatic carbocycles. The van der Waals surface area contributed by atoms with Crippen molar-refractivity contribution in [2.24, 2.45) is 5.73 Å². The van der Waals surface area contributed by atoms with Crippen LogP contribution in [0.3, 0.4) is 0 Å². The lowest BCUT2D eigenvalue weighted by atomic mass is 10.2. The van der Waals surface area contributed by atoms with Crippen LogP contribution in [0.15, 0.2) is 23.8 Å². The van der Waals surface area contributed by atoms with E-state index < -0.39 is 0 Å². The van der Waals surface area contributed by atoms with Gasteiger partial charge in [0.2, 0.25) is 5.91 Å². The molecule has 1 aliphatic carbocycles. The molecule has 0 unspecified atom stereocenters. The van der Waals surface area contributed by atoms with Crippen molar-refractivity contribution in [1.82, 2.24) is 0 Å². The molecule has 0 fully saturated rings. The van der Waals surface area contributed by atoms with Gasteiger partial charge in [-0.1, -0.05) is 12.2 Å². The summed E-state index contributed by atoms with van der Waals surface area (Å²) in [4.78, 5) is 10.3. The van der Waals surface area contributed by atoms with Crippen LogP contribution in [0, 0.1) is 0 Å². The Balaban J connectivity index is 2.61. The molecule has 0 saturated heterocycles. The monoisotopic (exact) mass is 123 g/mol. The summed E-state index contributed by atoms with van der Waals surface area (Å²) in [6, 6.07) is 0. The highest BCUT2D eigenvalue weighted by Crippen LogP contribution is 2.14. The molecule has 1 aliphatic rings. The van der Waals surface area contributed by atoms with Crippen molar-refractivity contribution in [1.29, 1.82) is 0 Å². The number of hydrogen-bond acceptors (Lipinski definition) is 1. The number of carbonyl (C=O) groups is 1. The Kier molecular flexibility index (Phi) is 1.68. The summed E-state index contributed by atoms with van der Waals surface area (Å²) in [6.45, 7) is 0. The minimum atomic E-state index is -0.350. The largest absolute Gasteiger partial charge is 0.366 e. The zero-order valence-electron chi connectivity index (χ0n) is 5.13. The maximum Gasteiger partial charge on any atom is 0.241 e. The lowest BCUT2D eigenvalue weighted by Gasteiger charge is -1.87. The van der Waals surface area contributed by atoms with E-state index in [1.165, 1.54) is 6.08 Å². The number of carbonyl (C=O) groups excluding carboxylic acids is 1. The predicted molar refractivity (Wildman–Crippen MR) is 35.7 cm³/mol. The van der Waals surface area contributed by atoms with Crippen molar-refractivity contribution in [3.8, 4) is 0 Å². The summed E-state index contributed by atoms with van der Waals surface area (Å²) in [5, 5.41) is 0. The molecule has 0 heterocycles. The van der Waals surface area contributed by atoms with Gasteiger partial charge in [-0.15, -0.1) is 0 Å². The summed E-state index contributed by atoms with van der Waals surface area (Å²) in [5.74, 6) is -0.350. The second kappa shape index (κ2) is 2.49. The fourth-order valence-electron chi connectivity index (χ4n) is 0.871. The number of allylic oxidation sites excluding steroid dienone is 3. The third kappa shape index (κ3) is 1.72. The van der Waals surface area contributed by atoms with E-state index in [0.29, 0.717) is 0 Å². The van der Waals surface area contributed by atoms with Crippen LogP contribution in [0.25, 0.3) is 0 Å². The lowest BCUT2D eigenvalue weighted by Crippen LogP contribution is -2.06. The highest BCUT2D eigenvalue weighted by Gasteiger charge is 1.98. The molecule has 2 N–H and O–H groups in total. The first-order valence-corrected chi connectivity index (χ1v) is 2.95. The van der Waals surface area contributed by atoms with Gasteiger partial charge in [-0.2, -0.15) is 0 Å². The maximum atomic E-state index is 10.3. The first kappa shape index (κ1) is 6.08. The summed E-state index contributed by atoms with van der Waals surface area (Å²) >= 11 is 0. The zero-order valence-corrected chi connectivity index (χ0v) is 5.13. The Hall–Kier alpha value is -1.05. The van der Waals surface area contributed by atoms with Gasteiger partial charge in [-0.05, 0) is 18.4 Å². The average Bonchev–Trinajstić information content (AvgIpc) is 2.15. The smallest absolute Gasteiger partial charge is 0.241 e. The van der Waals surface area contributed by atoms with Crippen LogP contribution in [-0.2, 0) is 4.79 Å². The predicted octanol–water partition coefficient (Wildman–Crippen LogP) is 0.748. The molecule has 0 saturated carbocycles. The van der Waals surface area contributed by atoms with Gasteiger partial charge in [0.05, 0.1) is 0 Å². The fourth-order valence-corrected chi connectivity index (χ4v) is 0.871. The van der Waals surface area contributed by atoms with Crippen molar-refractivity contribution in [2.45, 2.75) is 12.8 Å². The molecule has 0 atom stereocenters. The number of amides is 1. The Bertz CT molecular complexity index is 179. The maximum absolute atomic E-state index is 10.3. The molecule has 1 rings (SSSR count). The molecular weight excluding hydrogens is 114 g/mol. The van der Waals surface area contributed by atoms with E-state index >= 15 is 0 Å². The number of primary amides is 1. The van der Waals surface area contributed by atoms with E-state index in [4.69, 9.17) is 5.73 Å². The fraction of sp³-hybridized carbons (Fsp3) is 0.286. The standard InChI is InChI=1S/C7H9NO/c8-7(9)5-6-3-1-2-4-6/h1,3,5H,2,4H2,(H2,8,9)/b6-5-. The van der Waals surface area contributed by atoms with Crippen molar-refractivity contribution in [3.05, 3.63) is 23.8 Å². The van der Waals surface area contributed by atoms with Crippen LogP contribution < -0.4 is 5.73 Å². The second-order valence-electron chi connectivity index (χ2n) is 2.06. The van der Waals surface area contributed by atoms with E-state index in [1.54, 1.807) is 0 Å². The van der Waals surface area contributed by atoms with Crippen LogP contribution in [-0.4, -0.2) is 5.91 Å². The topological polar surface area (TPSA) is 43.1 Å². The number of rotatable bonds is 1. The molecule has 2 nitrogen and oxygen atoms in total. The van der Waals surface area contributed by atoms with Gasteiger partial charge in [0.25, 0.3) is 0 Å². The highest BCUT2D eigenvalue weighted by atomic mass is 16.1. The summed E-state index contributed by atoms with van der Waals surface area (Å²) < 4.78 is 0. The molecule has 0 bridgehead atoms. The third-order valence-corrected chi connectivity index (χ3v) is 1.26. The Morgan fingerprint density at radius 2 is 2.56 bits per heavy atom. The molecule has 1 amide bonds. The second-order valence-corrected chi connectivity index (χ2v) is 2.06. The third-order valence-electron chi connectivity index (χ3n) is 1.26. The van der Waals surface area contributed by atoms with Gasteiger partial charge in [0, 0.05) is 6.08 Å². The van der Waals surface area contributed by atoms with E-state index in [-0.39, 0.29) is 5.91 Å². The van der Waals surface area contributed by atoms with E-state index in [2.05, 4.69) is 0 Å². The van der Waals surface area contributed by atoms with Crippen molar-refractivity contribution in [3.63, 3.8) is 0 Å². The van der Waals surface area contributed by atoms with Crippen LogP contribution in [0.4, 0.5) is 0 Å². The number of nitrogens with two attached hydrogens (primary N) is 1. The SMILES string of the molecule is NC(=O)/C=C1/C=CCC1. The molecule has 9 heavy (non-hydrogen) atoms. The molecule has 0 radical (unpaired) electrons. The van der Waals surface area contributed by atoms with Gasteiger partial charge >= 0.3 is 0 Å². The molecule has 48 valence electrons. The first-order valence-electron chi connectivity index (χ1n) is 2.95. The van der Waals surface area contributed by atoms with Gasteiger partial charge in [-0.25, -0.2) is 0 Å². The van der Waals surface area contributed by atoms with E-state index in [1.807, 2.05) is 12.2 Å². The van der Waals surface area contributed by atoms with Crippen LogP contribution in [0.1, 0.15) is 12.8 Å².